The standard InChI is InChI=1S/C74H121NO8/c1-6-8-10-12-14-16-18-20-22-24-25-26-27-28-29-30-31-32-33-34-35-36-37-38-39-40-41-42-43-44-45-46-47-49-51-53-55-57-59-61-63-65-72(77)83-70(69-82-74(73(78)79)80-67-66-75(3,4)5)68-81-71(76)64-62-60-58-56-54-52-50-48-23-21-19-17-15-13-11-9-7-2/h8,10,14-17,20-23,25-26,28-29,31-32,34-35,37-38,40-41,43-44,70,74H,6-7,9,11-13,18-19,24,27,30,33,36,39,42,45-69H2,1-5H3/p+1/b10-8-,16-14-,17-15-,22-20-,23-21-,26-25-,29-28-,32-31-,35-34-,38-37-,41-40-,44-43-. The number of aliphatic carboxylic acids is 1. The van der Waals surface area contributed by atoms with Crippen LogP contribution in [0.25, 0.3) is 0 Å². The number of hydrogen-bond acceptors (Lipinski definition) is 7. The Bertz CT molecular complexity index is 1870. The van der Waals surface area contributed by atoms with E-state index in [0.717, 1.165) is 128 Å². The molecule has 1 N–H and O–H groups in total. The molecule has 470 valence electrons. The van der Waals surface area contributed by atoms with Crippen molar-refractivity contribution in [3.8, 4) is 0 Å². The number of carboxylic acids is 1. The highest BCUT2D eigenvalue weighted by molar-refractivity contribution is 5.71. The van der Waals surface area contributed by atoms with Crippen molar-refractivity contribution in [2.24, 2.45) is 0 Å². The Balaban J connectivity index is 4.15. The van der Waals surface area contributed by atoms with E-state index >= 15 is 0 Å². The third kappa shape index (κ3) is 64.6. The molecule has 2 unspecified atom stereocenters. The van der Waals surface area contributed by atoms with Gasteiger partial charge in [0.05, 0.1) is 34.4 Å². The van der Waals surface area contributed by atoms with Crippen LogP contribution in [0.4, 0.5) is 0 Å². The lowest BCUT2D eigenvalue weighted by atomic mass is 10.0. The van der Waals surface area contributed by atoms with Crippen LogP contribution in [0.15, 0.2) is 146 Å². The maximum atomic E-state index is 12.9. The smallest absolute Gasteiger partial charge is 0.361 e. The highest BCUT2D eigenvalue weighted by Gasteiger charge is 2.25. The minimum Gasteiger partial charge on any atom is -0.477 e. The Morgan fingerprint density at radius 3 is 1.02 bits per heavy atom. The van der Waals surface area contributed by atoms with E-state index in [1.165, 1.54) is 83.5 Å². The molecule has 0 rings (SSSR count). The number of allylic oxidation sites excluding steroid dienone is 24. The quantitative estimate of drug-likeness (QED) is 0.0211. The molecule has 0 aliphatic heterocycles. The highest BCUT2D eigenvalue weighted by atomic mass is 16.7. The van der Waals surface area contributed by atoms with Gasteiger partial charge in [-0.1, -0.05) is 256 Å². The van der Waals surface area contributed by atoms with E-state index in [2.05, 4.69) is 160 Å². The Morgan fingerprint density at radius 1 is 0.373 bits per heavy atom. The van der Waals surface area contributed by atoms with Crippen molar-refractivity contribution in [3.63, 3.8) is 0 Å². The summed E-state index contributed by atoms with van der Waals surface area (Å²) in [6.45, 7) is 4.71. The largest absolute Gasteiger partial charge is 0.477 e. The second-order valence-electron chi connectivity index (χ2n) is 22.7. The summed E-state index contributed by atoms with van der Waals surface area (Å²) in [6, 6.07) is 0. The monoisotopic (exact) mass is 1150 g/mol. The molecule has 0 heterocycles. The summed E-state index contributed by atoms with van der Waals surface area (Å²) in [4.78, 5) is 37.5. The molecule has 83 heavy (non-hydrogen) atoms. The van der Waals surface area contributed by atoms with Gasteiger partial charge in [0, 0.05) is 12.8 Å². The molecule has 0 fully saturated rings. The molecule has 0 saturated carbocycles. The summed E-state index contributed by atoms with van der Waals surface area (Å²) in [5.74, 6) is -2.03. The lowest BCUT2D eigenvalue weighted by Gasteiger charge is -2.25. The van der Waals surface area contributed by atoms with Crippen molar-refractivity contribution in [3.05, 3.63) is 146 Å². The van der Waals surface area contributed by atoms with Gasteiger partial charge in [0.1, 0.15) is 13.2 Å². The topological polar surface area (TPSA) is 108 Å². The molecule has 0 saturated heterocycles. The molecule has 0 amide bonds. The molecule has 0 spiro atoms. The number of unbranched alkanes of at least 4 members (excludes halogenated alkanes) is 20. The van der Waals surface area contributed by atoms with Gasteiger partial charge in [-0.3, -0.25) is 9.59 Å². The molecule has 0 aromatic rings. The molecule has 9 heteroatoms. The number of carbonyl (C=O) groups is 3. The summed E-state index contributed by atoms with van der Waals surface area (Å²) in [6.07, 6.45) is 89.4. The maximum absolute atomic E-state index is 12.9. The van der Waals surface area contributed by atoms with Crippen LogP contribution in [0.1, 0.15) is 245 Å². The number of nitrogens with zero attached hydrogens (tertiary/aromatic N) is 1. The van der Waals surface area contributed by atoms with Gasteiger partial charge in [0.15, 0.2) is 6.10 Å². The first kappa shape index (κ1) is 78.2. The van der Waals surface area contributed by atoms with Crippen LogP contribution in [0.5, 0.6) is 0 Å². The van der Waals surface area contributed by atoms with Crippen LogP contribution in [-0.2, 0) is 33.3 Å². The van der Waals surface area contributed by atoms with E-state index in [9.17, 15) is 19.5 Å². The van der Waals surface area contributed by atoms with Gasteiger partial charge in [-0.15, -0.1) is 0 Å². The molecule has 9 nitrogen and oxygen atoms in total. The highest BCUT2D eigenvalue weighted by Crippen LogP contribution is 2.15. The average molecular weight is 1150 g/mol. The Labute approximate surface area is 509 Å². The zero-order valence-corrected chi connectivity index (χ0v) is 53.5. The van der Waals surface area contributed by atoms with Crippen LogP contribution in [0.2, 0.25) is 0 Å². The Kier molecular flexibility index (Phi) is 59.5. The molecule has 0 aromatic heterocycles. The van der Waals surface area contributed by atoms with E-state index in [1.807, 2.05) is 21.1 Å². The third-order valence-electron chi connectivity index (χ3n) is 13.6. The number of quaternary nitrogens is 1. The van der Waals surface area contributed by atoms with Gasteiger partial charge in [0.2, 0.25) is 0 Å². The minimum atomic E-state index is -1.52. The lowest BCUT2D eigenvalue weighted by molar-refractivity contribution is -0.870. The zero-order valence-electron chi connectivity index (χ0n) is 53.5. The third-order valence-corrected chi connectivity index (χ3v) is 13.6. The molecular weight excluding hydrogens is 1030 g/mol. The van der Waals surface area contributed by atoms with Crippen molar-refractivity contribution in [2.75, 3.05) is 47.5 Å². The average Bonchev–Trinajstić information content (AvgIpc) is 3.46. The molecule has 0 aliphatic rings. The molecule has 0 aliphatic carbocycles. The summed E-state index contributed by atoms with van der Waals surface area (Å²) < 4.78 is 22.9. The van der Waals surface area contributed by atoms with Gasteiger partial charge in [-0.25, -0.2) is 4.79 Å². The zero-order chi connectivity index (χ0) is 60.5. The minimum absolute atomic E-state index is 0.179. The Hall–Kier alpha value is -4.83. The van der Waals surface area contributed by atoms with Crippen molar-refractivity contribution in [1.29, 1.82) is 0 Å². The predicted octanol–water partition coefficient (Wildman–Crippen LogP) is 20.3. The number of rotatable bonds is 59. The summed E-state index contributed by atoms with van der Waals surface area (Å²) in [5, 5.41) is 9.72. The SMILES string of the molecule is CC/C=C\C/C=C\C/C=C\C/C=C\C/C=C\C/C=C\C/C=C\C/C=C\C/C=C\C/C=C\CCCCCCCCCCCCC(=O)OC(COC(=O)CCCCCCCCC/C=C\C/C=C\CCCCC)COC(OCC[N+](C)(C)C)C(=O)O. The normalized spacial score (nSPS) is 13.7. The second kappa shape index (κ2) is 63.2. The van der Waals surface area contributed by atoms with Gasteiger partial charge < -0.3 is 28.5 Å². The van der Waals surface area contributed by atoms with Crippen LogP contribution in [0, 0.1) is 0 Å². The van der Waals surface area contributed by atoms with E-state index in [4.69, 9.17) is 18.9 Å². The van der Waals surface area contributed by atoms with Crippen molar-refractivity contribution >= 4 is 17.9 Å². The van der Waals surface area contributed by atoms with Crippen molar-refractivity contribution in [2.45, 2.75) is 257 Å². The molecule has 0 aromatic carbocycles. The maximum Gasteiger partial charge on any atom is 0.361 e. The summed E-state index contributed by atoms with van der Waals surface area (Å²) in [5.41, 5.74) is 0. The van der Waals surface area contributed by atoms with Crippen molar-refractivity contribution < 1.29 is 42.9 Å². The fraction of sp³-hybridized carbons (Fsp3) is 0.635. The number of carbonyl (C=O) groups excluding carboxylic acids is 2. The molecule has 0 radical (unpaired) electrons. The van der Waals surface area contributed by atoms with Gasteiger partial charge in [-0.05, 0) is 122 Å². The molecular formula is C74H122NO8+. The van der Waals surface area contributed by atoms with Crippen LogP contribution >= 0.6 is 0 Å². The number of esters is 2. The fourth-order valence-electron chi connectivity index (χ4n) is 8.54. The number of carboxylic acid groups (broad SMARTS) is 1. The van der Waals surface area contributed by atoms with Gasteiger partial charge >= 0.3 is 17.9 Å². The molecule has 2 atom stereocenters. The fourth-order valence-corrected chi connectivity index (χ4v) is 8.54. The lowest BCUT2D eigenvalue weighted by Crippen LogP contribution is -2.40. The number of hydrogen-bond donors (Lipinski definition) is 1. The van der Waals surface area contributed by atoms with Crippen LogP contribution < -0.4 is 0 Å². The van der Waals surface area contributed by atoms with Crippen molar-refractivity contribution in [1.82, 2.24) is 0 Å². The number of ether oxygens (including phenoxy) is 4. The van der Waals surface area contributed by atoms with E-state index in [0.29, 0.717) is 17.4 Å². The van der Waals surface area contributed by atoms with E-state index < -0.39 is 24.3 Å². The second-order valence-corrected chi connectivity index (χ2v) is 22.7. The summed E-state index contributed by atoms with van der Waals surface area (Å²) >= 11 is 0. The predicted molar refractivity (Wildman–Crippen MR) is 354 cm³/mol. The first-order valence-corrected chi connectivity index (χ1v) is 33.0. The molecule has 0 bridgehead atoms. The van der Waals surface area contributed by atoms with E-state index in [-0.39, 0.29) is 38.6 Å². The number of likely N-dealkylation sites (N-methyl/N-ethyl adjacent to an activating group) is 1. The van der Waals surface area contributed by atoms with Crippen LogP contribution in [-0.4, -0.2) is 87.4 Å². The first-order valence-electron chi connectivity index (χ1n) is 33.0. The first-order chi connectivity index (χ1) is 40.6. The van der Waals surface area contributed by atoms with Gasteiger partial charge in [-0.2, -0.15) is 0 Å². The van der Waals surface area contributed by atoms with E-state index in [1.54, 1.807) is 0 Å². The van der Waals surface area contributed by atoms with Gasteiger partial charge in [0.25, 0.3) is 6.29 Å². The summed E-state index contributed by atoms with van der Waals surface area (Å²) in [7, 11) is 5.96. The Morgan fingerprint density at radius 2 is 0.687 bits per heavy atom. The van der Waals surface area contributed by atoms with Crippen LogP contribution in [0.3, 0.4) is 0 Å².